The fourth-order valence-corrected chi connectivity index (χ4v) is 3.74. The van der Waals surface area contributed by atoms with Crippen molar-refractivity contribution in [2.24, 2.45) is 4.99 Å². The first-order valence-corrected chi connectivity index (χ1v) is 8.96. The second-order valence-corrected chi connectivity index (χ2v) is 6.41. The van der Waals surface area contributed by atoms with Crippen LogP contribution in [0.3, 0.4) is 0 Å². The zero-order valence-electron chi connectivity index (χ0n) is 14.1. The number of rotatable bonds is 5. The molecule has 0 aliphatic rings. The van der Waals surface area contributed by atoms with E-state index in [9.17, 15) is 9.59 Å². The lowest BCUT2D eigenvalue weighted by Gasteiger charge is -2.16. The normalized spacial score (nSPS) is 13.1. The molecule has 25 heavy (non-hydrogen) atoms. The van der Waals surface area contributed by atoms with Gasteiger partial charge in [-0.05, 0) is 37.6 Å². The van der Waals surface area contributed by atoms with Crippen molar-refractivity contribution in [2.45, 2.75) is 26.3 Å². The van der Waals surface area contributed by atoms with Crippen LogP contribution < -0.4 is 4.80 Å². The van der Waals surface area contributed by atoms with Crippen LogP contribution in [-0.2, 0) is 9.53 Å². The van der Waals surface area contributed by atoms with Gasteiger partial charge in [-0.1, -0.05) is 30.4 Å². The zero-order valence-corrected chi connectivity index (χ0v) is 14.9. The molecule has 0 saturated heterocycles. The smallest absolute Gasteiger partial charge is 0.329 e. The van der Waals surface area contributed by atoms with Crippen molar-refractivity contribution in [3.05, 3.63) is 53.1 Å². The molecule has 1 unspecified atom stereocenters. The first kappa shape index (κ1) is 17.2. The molecule has 3 aromatic rings. The Morgan fingerprint density at radius 2 is 2.04 bits per heavy atom. The maximum Gasteiger partial charge on any atom is 0.329 e. The van der Waals surface area contributed by atoms with Crippen LogP contribution in [-0.4, -0.2) is 28.0 Å². The molecule has 0 bridgehead atoms. The van der Waals surface area contributed by atoms with Crippen molar-refractivity contribution in [2.75, 3.05) is 6.61 Å². The number of nitrogens with zero attached hydrogens (tertiary/aromatic N) is 2. The van der Waals surface area contributed by atoms with Gasteiger partial charge in [0.05, 0.1) is 16.8 Å². The number of nitrogens with one attached hydrogen (secondary N) is 1. The quantitative estimate of drug-likeness (QED) is 0.712. The molecule has 0 radical (unpaired) electrons. The highest BCUT2D eigenvalue weighted by Crippen LogP contribution is 2.23. The molecule has 0 saturated carbocycles. The average molecular weight is 357 g/mol. The van der Waals surface area contributed by atoms with E-state index in [1.807, 2.05) is 31.2 Å². The lowest BCUT2D eigenvalue weighted by Crippen LogP contribution is -2.29. The second kappa shape index (κ2) is 7.48. The Morgan fingerprint density at radius 3 is 2.72 bits per heavy atom. The van der Waals surface area contributed by atoms with E-state index in [4.69, 9.17) is 4.74 Å². The molecule has 1 atom stereocenters. The number of carbonyl (C=O) groups excluding carboxylic acids is 2. The number of hydrogen-bond donors (Lipinski definition) is 1. The summed E-state index contributed by atoms with van der Waals surface area (Å²) in [5.74, 6) is -0.689. The molecule has 7 heteroatoms. The number of fused-ring (bicyclic) bond motifs is 1. The lowest BCUT2D eigenvalue weighted by atomic mass is 10.2. The first-order chi connectivity index (χ1) is 12.2. The SMILES string of the molecule is CCOC(=O)C(CC)n1/c(=N\C(=O)c2ccc[nH]2)sc2ccccc21. The molecule has 0 aliphatic heterocycles. The van der Waals surface area contributed by atoms with Crippen LogP contribution in [0, 0.1) is 0 Å². The monoisotopic (exact) mass is 357 g/mol. The average Bonchev–Trinajstić information content (AvgIpc) is 3.25. The molecular weight excluding hydrogens is 338 g/mol. The number of para-hydroxylation sites is 1. The number of benzene rings is 1. The molecule has 1 N–H and O–H groups in total. The Labute approximate surface area is 148 Å². The Bertz CT molecular complexity index is 954. The van der Waals surface area contributed by atoms with Gasteiger partial charge in [0, 0.05) is 6.20 Å². The highest BCUT2D eigenvalue weighted by molar-refractivity contribution is 7.16. The summed E-state index contributed by atoms with van der Waals surface area (Å²) in [6.07, 6.45) is 2.22. The second-order valence-electron chi connectivity index (χ2n) is 5.40. The summed E-state index contributed by atoms with van der Waals surface area (Å²) in [5, 5.41) is 0. The summed E-state index contributed by atoms with van der Waals surface area (Å²) in [5.41, 5.74) is 1.28. The van der Waals surface area contributed by atoms with Gasteiger partial charge in [-0.3, -0.25) is 4.79 Å². The van der Waals surface area contributed by atoms with Crippen molar-refractivity contribution < 1.29 is 14.3 Å². The predicted molar refractivity (Wildman–Crippen MR) is 96.5 cm³/mol. The third-order valence-electron chi connectivity index (χ3n) is 3.81. The standard InChI is InChI=1S/C18H19N3O3S/c1-3-13(17(23)24-4-2)21-14-9-5-6-10-15(14)25-18(21)20-16(22)12-8-7-11-19-12/h5-11,13,19H,3-4H2,1-2H3/b20-18+. The topological polar surface area (TPSA) is 76.5 Å². The molecule has 0 spiro atoms. The third kappa shape index (κ3) is 3.41. The van der Waals surface area contributed by atoms with E-state index in [0.717, 1.165) is 10.2 Å². The molecule has 0 aliphatic carbocycles. The van der Waals surface area contributed by atoms with E-state index in [1.165, 1.54) is 11.3 Å². The third-order valence-corrected chi connectivity index (χ3v) is 4.85. The van der Waals surface area contributed by atoms with Gasteiger partial charge in [0.15, 0.2) is 4.80 Å². The van der Waals surface area contributed by atoms with Gasteiger partial charge in [0.25, 0.3) is 5.91 Å². The van der Waals surface area contributed by atoms with Gasteiger partial charge in [-0.25, -0.2) is 4.79 Å². The Kier molecular flexibility index (Phi) is 5.14. The zero-order chi connectivity index (χ0) is 17.8. The van der Waals surface area contributed by atoms with Crippen LogP contribution in [0.5, 0.6) is 0 Å². The first-order valence-electron chi connectivity index (χ1n) is 8.14. The van der Waals surface area contributed by atoms with Crippen LogP contribution in [0.25, 0.3) is 10.2 Å². The van der Waals surface area contributed by atoms with Gasteiger partial charge in [0.2, 0.25) is 0 Å². The minimum absolute atomic E-state index is 0.311. The summed E-state index contributed by atoms with van der Waals surface area (Å²) < 4.78 is 7.98. The van der Waals surface area contributed by atoms with Crippen LogP contribution in [0.2, 0.25) is 0 Å². The molecular formula is C18H19N3O3S. The fourth-order valence-electron chi connectivity index (χ4n) is 2.67. The number of ether oxygens (including phenoxy) is 1. The van der Waals surface area contributed by atoms with Crippen molar-refractivity contribution in [1.29, 1.82) is 0 Å². The van der Waals surface area contributed by atoms with E-state index in [-0.39, 0.29) is 11.9 Å². The number of carbonyl (C=O) groups is 2. The van der Waals surface area contributed by atoms with E-state index < -0.39 is 6.04 Å². The summed E-state index contributed by atoms with van der Waals surface area (Å²) in [7, 11) is 0. The lowest BCUT2D eigenvalue weighted by molar-refractivity contribution is -0.147. The van der Waals surface area contributed by atoms with Crippen LogP contribution in [0.1, 0.15) is 36.8 Å². The van der Waals surface area contributed by atoms with Crippen molar-refractivity contribution in [1.82, 2.24) is 9.55 Å². The molecule has 130 valence electrons. The van der Waals surface area contributed by atoms with E-state index in [1.54, 1.807) is 29.8 Å². The van der Waals surface area contributed by atoms with Crippen LogP contribution >= 0.6 is 11.3 Å². The summed E-state index contributed by atoms with van der Waals surface area (Å²) in [4.78, 5) is 32.4. The number of amides is 1. The molecule has 1 aromatic carbocycles. The van der Waals surface area contributed by atoms with Crippen LogP contribution in [0.4, 0.5) is 0 Å². The summed E-state index contributed by atoms with van der Waals surface area (Å²) in [6.45, 7) is 4.00. The summed E-state index contributed by atoms with van der Waals surface area (Å²) in [6, 6.07) is 10.6. The molecule has 2 aromatic heterocycles. The maximum atomic E-state index is 12.4. The van der Waals surface area contributed by atoms with E-state index in [0.29, 0.717) is 23.5 Å². The number of hydrogen-bond acceptors (Lipinski definition) is 4. The Morgan fingerprint density at radius 1 is 1.24 bits per heavy atom. The van der Waals surface area contributed by atoms with Gasteiger partial charge >= 0.3 is 5.97 Å². The van der Waals surface area contributed by atoms with Crippen molar-refractivity contribution in [3.63, 3.8) is 0 Å². The van der Waals surface area contributed by atoms with E-state index in [2.05, 4.69) is 9.98 Å². The minimum atomic E-state index is -0.522. The number of aromatic amines is 1. The maximum absolute atomic E-state index is 12.4. The van der Waals surface area contributed by atoms with Crippen molar-refractivity contribution >= 4 is 33.4 Å². The Balaban J connectivity index is 2.18. The fraction of sp³-hybridized carbons (Fsp3) is 0.278. The summed E-state index contributed by atoms with van der Waals surface area (Å²) >= 11 is 1.38. The minimum Gasteiger partial charge on any atom is -0.464 e. The molecule has 0 fully saturated rings. The molecule has 6 nitrogen and oxygen atoms in total. The number of aromatic nitrogens is 2. The van der Waals surface area contributed by atoms with Gasteiger partial charge in [0.1, 0.15) is 11.7 Å². The van der Waals surface area contributed by atoms with Crippen molar-refractivity contribution in [3.8, 4) is 0 Å². The highest BCUT2D eigenvalue weighted by Gasteiger charge is 2.23. The molecule has 2 heterocycles. The highest BCUT2D eigenvalue weighted by atomic mass is 32.1. The number of thiazole rings is 1. The number of esters is 1. The van der Waals surface area contributed by atoms with Gasteiger partial charge in [-0.15, -0.1) is 0 Å². The van der Waals surface area contributed by atoms with Gasteiger partial charge < -0.3 is 14.3 Å². The molecule has 3 rings (SSSR count). The largest absolute Gasteiger partial charge is 0.464 e. The van der Waals surface area contributed by atoms with E-state index >= 15 is 0 Å². The van der Waals surface area contributed by atoms with Gasteiger partial charge in [-0.2, -0.15) is 4.99 Å². The van der Waals surface area contributed by atoms with Crippen LogP contribution in [0.15, 0.2) is 47.6 Å². The number of H-pyrrole nitrogens is 1. The Hall–Kier alpha value is -2.67. The molecule has 1 amide bonds. The predicted octanol–water partition coefficient (Wildman–Crippen LogP) is 3.29.